The number of H-pyrrole nitrogens is 1. The minimum Gasteiger partial charge on any atom is -0.507 e. The molecule has 1 aliphatic carbocycles. The molecular formula is C42H44N6O7. The van der Waals surface area contributed by atoms with Gasteiger partial charge < -0.3 is 55.4 Å². The van der Waals surface area contributed by atoms with Crippen LogP contribution in [0, 0.1) is 18.8 Å². The van der Waals surface area contributed by atoms with Gasteiger partial charge in [0.2, 0.25) is 0 Å². The largest absolute Gasteiger partial charge is 0.507 e. The lowest BCUT2D eigenvalue weighted by atomic mass is 9.71. The number of aromatic nitrogens is 2. The smallest absolute Gasteiger partial charge is 0.342 e. The van der Waals surface area contributed by atoms with Crippen molar-refractivity contribution in [3.05, 3.63) is 118 Å². The van der Waals surface area contributed by atoms with Crippen molar-refractivity contribution in [2.75, 3.05) is 0 Å². The van der Waals surface area contributed by atoms with Gasteiger partial charge in [-0.05, 0) is 75.3 Å². The second-order valence-corrected chi connectivity index (χ2v) is 16.4. The Balaban J connectivity index is 0.878. The van der Waals surface area contributed by atoms with Crippen LogP contribution in [0.15, 0.2) is 105 Å². The fourth-order valence-corrected chi connectivity index (χ4v) is 9.79. The van der Waals surface area contributed by atoms with Crippen molar-refractivity contribution in [2.24, 2.45) is 23.3 Å². The SMILES string of the molecule is Cc1cc(=O)c2c(O)c3c(cc2o1)OC(C)(C)[C@@H]1OC(=O)[C@]2(O[C@@H]2CCC2=CC(C4=CC(Cn5cc6cc[nH]c6c5)NC(N)=C4)NC(N)=C2)[C@@H]2C=C[C@@H](C2)[C@H]31. The van der Waals surface area contributed by atoms with E-state index in [-0.39, 0.29) is 52.2 Å². The first-order valence-electron chi connectivity index (χ1n) is 19.0. The Morgan fingerprint density at radius 3 is 2.73 bits per heavy atom. The quantitative estimate of drug-likeness (QED) is 0.0926. The van der Waals surface area contributed by atoms with Crippen LogP contribution in [-0.4, -0.2) is 56.1 Å². The zero-order chi connectivity index (χ0) is 38.0. The molecule has 0 radical (unpaired) electrons. The first kappa shape index (κ1) is 33.7. The normalized spacial score (nSPS) is 31.5. The van der Waals surface area contributed by atoms with E-state index in [9.17, 15) is 14.7 Å². The van der Waals surface area contributed by atoms with Crippen LogP contribution in [0.25, 0.3) is 21.9 Å². The highest BCUT2D eigenvalue weighted by molar-refractivity contribution is 5.88. The number of phenols is 1. The Hall–Kier alpha value is -5.82. The minimum atomic E-state index is -1.12. The number of carbonyl (C=O) groups excluding carboxylic acids is 1. The van der Waals surface area contributed by atoms with E-state index in [1.807, 2.05) is 32.2 Å². The van der Waals surface area contributed by atoms with E-state index in [4.69, 9.17) is 30.1 Å². The lowest BCUT2D eigenvalue weighted by molar-refractivity contribution is -0.176. The van der Waals surface area contributed by atoms with Gasteiger partial charge in [0.15, 0.2) is 11.0 Å². The maximum Gasteiger partial charge on any atom is 0.342 e. The fourth-order valence-electron chi connectivity index (χ4n) is 9.79. The van der Waals surface area contributed by atoms with E-state index < -0.39 is 29.2 Å². The first-order valence-corrected chi connectivity index (χ1v) is 19.0. The Morgan fingerprint density at radius 1 is 1.05 bits per heavy atom. The van der Waals surface area contributed by atoms with Gasteiger partial charge >= 0.3 is 5.97 Å². The highest BCUT2D eigenvalue weighted by atomic mass is 16.7. The van der Waals surface area contributed by atoms with E-state index in [2.05, 4.69) is 62.9 Å². The van der Waals surface area contributed by atoms with Crippen molar-refractivity contribution in [2.45, 2.75) is 88.0 Å². The van der Waals surface area contributed by atoms with Crippen molar-refractivity contribution in [3.8, 4) is 11.5 Å². The molecule has 8 heterocycles. The van der Waals surface area contributed by atoms with Crippen molar-refractivity contribution in [1.82, 2.24) is 20.2 Å². The number of hydrogen-bond acceptors (Lipinski definition) is 11. The number of benzene rings is 1. The van der Waals surface area contributed by atoms with Crippen LogP contribution in [0.5, 0.6) is 11.5 Å². The monoisotopic (exact) mass is 744 g/mol. The molecule has 8 N–H and O–H groups in total. The molecule has 0 amide bonds. The molecular weight excluding hydrogens is 700 g/mol. The predicted octanol–water partition coefficient (Wildman–Crippen LogP) is 4.48. The van der Waals surface area contributed by atoms with Crippen LogP contribution < -0.4 is 32.3 Å². The van der Waals surface area contributed by atoms with E-state index in [1.165, 1.54) is 6.07 Å². The maximum atomic E-state index is 14.3. The van der Waals surface area contributed by atoms with Gasteiger partial charge in [-0.15, -0.1) is 0 Å². The van der Waals surface area contributed by atoms with Gasteiger partial charge in [0.1, 0.15) is 39.9 Å². The molecule has 8 atom stereocenters. The van der Waals surface area contributed by atoms with Gasteiger partial charge in [-0.1, -0.05) is 24.3 Å². The van der Waals surface area contributed by atoms with Gasteiger partial charge in [0.05, 0.1) is 35.3 Å². The second-order valence-electron chi connectivity index (χ2n) is 16.4. The summed E-state index contributed by atoms with van der Waals surface area (Å²) in [6.45, 7) is 6.15. The molecule has 2 bridgehead atoms. The van der Waals surface area contributed by atoms with E-state index in [0.29, 0.717) is 54.5 Å². The molecule has 2 fully saturated rings. The molecule has 13 nitrogen and oxygen atoms in total. The molecule has 2 unspecified atom stereocenters. The van der Waals surface area contributed by atoms with Crippen molar-refractivity contribution in [1.29, 1.82) is 0 Å². The molecule has 13 heteroatoms. The number of fused-ring (bicyclic) bond motifs is 9. The summed E-state index contributed by atoms with van der Waals surface area (Å²) >= 11 is 0. The molecule has 10 rings (SSSR count). The van der Waals surface area contributed by atoms with Crippen LogP contribution in [0.1, 0.15) is 50.4 Å². The van der Waals surface area contributed by atoms with Crippen molar-refractivity contribution < 1.29 is 28.5 Å². The van der Waals surface area contributed by atoms with Crippen molar-refractivity contribution in [3.63, 3.8) is 0 Å². The minimum absolute atomic E-state index is 0.0181. The van der Waals surface area contributed by atoms with Gasteiger partial charge in [-0.25, -0.2) is 4.79 Å². The molecule has 284 valence electrons. The Kier molecular flexibility index (Phi) is 7.26. The van der Waals surface area contributed by atoms with E-state index in [1.54, 1.807) is 13.0 Å². The molecule has 55 heavy (non-hydrogen) atoms. The number of dihydropyridines is 2. The first-order chi connectivity index (χ1) is 26.4. The standard InChI is InChI=1S/C42H44N6O7/c1-20-10-29(49)36-30(52-20)16-31-37(38(36)50)35-22-5-6-25(13-22)42(40(51)53-39(35)41(2,3)54-31)32(55-42)7-4-21-11-27(47-33(43)12-21)24-14-26(46-34(44)15-24)18-48-17-23-8-9-45-28(23)19-48/h5-6,8-12,14-17,19,22,25-27,32,35,39,45-47,50H,4,7,13,18,43-44H2,1-3H3/t22-,25+,26?,27?,32+,35+,39+,42-/m0/s1. The fraction of sp³-hybridized carbons (Fsp3) is 0.381. The van der Waals surface area contributed by atoms with Crippen molar-refractivity contribution >= 4 is 27.8 Å². The lowest BCUT2D eigenvalue weighted by Gasteiger charge is -2.47. The highest BCUT2D eigenvalue weighted by Gasteiger charge is 2.70. The Morgan fingerprint density at radius 2 is 1.89 bits per heavy atom. The van der Waals surface area contributed by atoms with Crippen LogP contribution >= 0.6 is 0 Å². The number of allylic oxidation sites excluding steroid dienone is 3. The number of ether oxygens (including phenoxy) is 3. The molecule has 6 aliphatic rings. The van der Waals surface area contributed by atoms with Crippen LogP contribution in [0.4, 0.5) is 0 Å². The number of aromatic amines is 1. The number of nitrogens with two attached hydrogens (primary N) is 2. The third-order valence-electron chi connectivity index (χ3n) is 12.3. The summed E-state index contributed by atoms with van der Waals surface area (Å²) in [5.74, 6) is 0.613. The Bertz CT molecular complexity index is 2490. The maximum absolute atomic E-state index is 14.3. The topological polar surface area (TPSA) is 195 Å². The highest BCUT2D eigenvalue weighted by Crippen LogP contribution is 2.60. The number of rotatable bonds is 6. The summed E-state index contributed by atoms with van der Waals surface area (Å²) in [4.78, 5) is 30.6. The number of aromatic hydroxyl groups is 1. The number of nitrogens with one attached hydrogen (secondary N) is 3. The van der Waals surface area contributed by atoms with Gasteiger partial charge in [-0.3, -0.25) is 4.79 Å². The number of epoxide rings is 1. The number of carbonyl (C=O) groups is 1. The van der Waals surface area contributed by atoms with E-state index >= 15 is 0 Å². The van der Waals surface area contributed by atoms with Gasteiger partial charge in [-0.2, -0.15) is 0 Å². The summed E-state index contributed by atoms with van der Waals surface area (Å²) in [6, 6.07) is 4.89. The van der Waals surface area contributed by atoms with Gasteiger partial charge in [0, 0.05) is 60.1 Å². The third-order valence-corrected chi connectivity index (χ3v) is 12.3. The molecule has 1 spiro atoms. The number of esters is 1. The van der Waals surface area contributed by atoms with Crippen LogP contribution in [0.3, 0.4) is 0 Å². The number of hydrogen-bond donors (Lipinski definition) is 6. The molecule has 1 aromatic carbocycles. The number of phenolic OH excluding ortho intramolecular Hbond substituents is 1. The molecule has 5 aliphatic heterocycles. The zero-order valence-electron chi connectivity index (χ0n) is 30.8. The summed E-state index contributed by atoms with van der Waals surface area (Å²) in [5, 5.41) is 19.7. The summed E-state index contributed by atoms with van der Waals surface area (Å²) < 4.78 is 27.2. The summed E-state index contributed by atoms with van der Waals surface area (Å²) in [6.07, 6.45) is 19.3. The summed E-state index contributed by atoms with van der Waals surface area (Å²) in [5.41, 5.74) is 14.2. The third kappa shape index (κ3) is 5.38. The molecule has 3 aromatic heterocycles. The predicted molar refractivity (Wildman–Crippen MR) is 205 cm³/mol. The zero-order valence-corrected chi connectivity index (χ0v) is 30.8. The number of aryl methyl sites for hydroxylation is 1. The van der Waals surface area contributed by atoms with E-state index in [0.717, 1.165) is 22.0 Å². The summed E-state index contributed by atoms with van der Waals surface area (Å²) in [7, 11) is 0. The Labute approximate surface area is 316 Å². The second kappa shape index (κ2) is 11.8. The average Bonchev–Trinajstić information content (AvgIpc) is 3.41. The molecule has 4 aromatic rings. The van der Waals surface area contributed by atoms with Crippen LogP contribution in [0.2, 0.25) is 0 Å². The van der Waals surface area contributed by atoms with Crippen LogP contribution in [-0.2, 0) is 20.8 Å². The molecule has 0 saturated carbocycles. The lowest BCUT2D eigenvalue weighted by Crippen LogP contribution is -2.55. The number of nitrogens with zero attached hydrogens (tertiary/aromatic N) is 1. The van der Waals surface area contributed by atoms with Gasteiger partial charge in [0.25, 0.3) is 0 Å². The average molecular weight is 745 g/mol. The molecule has 2 saturated heterocycles.